The molecule has 0 fully saturated rings. The highest BCUT2D eigenvalue weighted by atomic mass is 31.2. The molecule has 122 valence electrons. The van der Waals surface area contributed by atoms with Crippen molar-refractivity contribution in [2.75, 3.05) is 6.61 Å². The maximum absolute atomic E-state index is 13.4. The lowest BCUT2D eigenvalue weighted by Crippen LogP contribution is -2.17. The van der Waals surface area contributed by atoms with Crippen molar-refractivity contribution < 1.29 is 18.9 Å². The third-order valence-electron chi connectivity index (χ3n) is 3.53. The van der Waals surface area contributed by atoms with Crippen molar-refractivity contribution in [2.45, 2.75) is 27.7 Å². The van der Waals surface area contributed by atoms with Crippen LogP contribution in [0.5, 0.6) is 0 Å². The number of rotatable bonds is 6. The van der Waals surface area contributed by atoms with E-state index >= 15 is 0 Å². The highest BCUT2D eigenvalue weighted by Gasteiger charge is 2.39. The summed E-state index contributed by atoms with van der Waals surface area (Å²) in [4.78, 5) is 18.0. The van der Waals surface area contributed by atoms with Crippen molar-refractivity contribution in [3.05, 3.63) is 64.7 Å². The first-order valence-electron chi connectivity index (χ1n) is 7.49. The Kier molecular flexibility index (Phi) is 5.53. The highest BCUT2D eigenvalue weighted by molar-refractivity contribution is 7.83. The maximum Gasteiger partial charge on any atom is 0.329 e. The molecule has 23 heavy (non-hydrogen) atoms. The SMILES string of the molecule is CCOOP(=O)(C(=O)c1c(C)cc(C)cc1C)c1ccccc1. The second kappa shape index (κ2) is 7.22. The van der Waals surface area contributed by atoms with Crippen LogP contribution in [0, 0.1) is 20.8 Å². The normalized spacial score (nSPS) is 13.6. The van der Waals surface area contributed by atoms with E-state index in [9.17, 15) is 9.36 Å². The fourth-order valence-corrected chi connectivity index (χ4v) is 4.46. The van der Waals surface area contributed by atoms with Gasteiger partial charge in [-0.3, -0.25) is 9.36 Å². The first-order valence-corrected chi connectivity index (χ1v) is 9.12. The summed E-state index contributed by atoms with van der Waals surface area (Å²) in [6.45, 7) is 7.55. The molecule has 1 atom stereocenters. The first-order chi connectivity index (χ1) is 10.9. The minimum Gasteiger partial charge on any atom is -0.282 e. The Morgan fingerprint density at radius 2 is 1.61 bits per heavy atom. The number of hydrogen-bond donors (Lipinski definition) is 0. The molecule has 2 rings (SSSR count). The van der Waals surface area contributed by atoms with Crippen molar-refractivity contribution in [1.82, 2.24) is 0 Å². The number of hydrogen-bond acceptors (Lipinski definition) is 4. The molecule has 2 aromatic rings. The van der Waals surface area contributed by atoms with E-state index in [1.54, 1.807) is 37.3 Å². The molecule has 0 saturated carbocycles. The first kappa shape index (κ1) is 17.6. The van der Waals surface area contributed by atoms with E-state index in [2.05, 4.69) is 0 Å². The average molecular weight is 332 g/mol. The molecule has 0 N–H and O–H groups in total. The molecule has 0 heterocycles. The van der Waals surface area contributed by atoms with E-state index in [4.69, 9.17) is 9.56 Å². The Bertz CT molecular complexity index is 730. The van der Waals surface area contributed by atoms with Crippen LogP contribution in [0.1, 0.15) is 34.0 Å². The van der Waals surface area contributed by atoms with Gasteiger partial charge in [-0.15, -0.1) is 0 Å². The van der Waals surface area contributed by atoms with Crippen LogP contribution in [0.2, 0.25) is 0 Å². The van der Waals surface area contributed by atoms with E-state index < -0.39 is 12.9 Å². The van der Waals surface area contributed by atoms with Crippen LogP contribution in [0.25, 0.3) is 0 Å². The summed E-state index contributed by atoms with van der Waals surface area (Å²) in [6.07, 6.45) is 0. The molecule has 0 aromatic heterocycles. The van der Waals surface area contributed by atoms with Crippen LogP contribution in [0.4, 0.5) is 0 Å². The molecular weight excluding hydrogens is 311 g/mol. The van der Waals surface area contributed by atoms with Gasteiger partial charge in [0, 0.05) is 10.9 Å². The van der Waals surface area contributed by atoms with Crippen molar-refractivity contribution in [3.8, 4) is 0 Å². The minimum absolute atomic E-state index is 0.204. The lowest BCUT2D eigenvalue weighted by molar-refractivity contribution is -0.197. The number of carbonyl (C=O) groups excluding carboxylic acids is 1. The molecule has 0 aliphatic carbocycles. The zero-order chi connectivity index (χ0) is 17.0. The number of benzene rings is 2. The topological polar surface area (TPSA) is 52.6 Å². The summed E-state index contributed by atoms with van der Waals surface area (Å²) in [5.74, 6) is 0. The molecular formula is C18H21O4P. The second-order valence-corrected chi connectivity index (χ2v) is 7.62. The average Bonchev–Trinajstić information content (AvgIpc) is 2.52. The largest absolute Gasteiger partial charge is 0.329 e. The molecule has 1 unspecified atom stereocenters. The van der Waals surface area contributed by atoms with Gasteiger partial charge >= 0.3 is 7.37 Å². The van der Waals surface area contributed by atoms with Gasteiger partial charge in [-0.2, -0.15) is 4.67 Å². The van der Waals surface area contributed by atoms with Gasteiger partial charge in [-0.05, 0) is 51.0 Å². The van der Waals surface area contributed by atoms with Gasteiger partial charge in [0.1, 0.15) is 0 Å². The molecule has 0 aliphatic heterocycles. The smallest absolute Gasteiger partial charge is 0.282 e. The molecule has 5 heteroatoms. The van der Waals surface area contributed by atoms with Gasteiger partial charge in [0.2, 0.25) is 0 Å². The van der Waals surface area contributed by atoms with E-state index in [0.29, 0.717) is 10.9 Å². The van der Waals surface area contributed by atoms with Gasteiger partial charge in [0.15, 0.2) is 0 Å². The molecule has 2 aromatic carbocycles. The van der Waals surface area contributed by atoms with E-state index in [-0.39, 0.29) is 6.61 Å². The van der Waals surface area contributed by atoms with Crippen LogP contribution < -0.4 is 5.30 Å². The van der Waals surface area contributed by atoms with Gasteiger partial charge < -0.3 is 0 Å². The summed E-state index contributed by atoms with van der Waals surface area (Å²) in [7, 11) is -3.83. The predicted molar refractivity (Wildman–Crippen MR) is 91.4 cm³/mol. The molecule has 0 amide bonds. The molecule has 0 spiro atoms. The van der Waals surface area contributed by atoms with Gasteiger partial charge in [0.25, 0.3) is 5.52 Å². The maximum atomic E-state index is 13.4. The number of aryl methyl sites for hydroxylation is 3. The quantitative estimate of drug-likeness (QED) is 0.449. The molecule has 0 radical (unpaired) electrons. The third-order valence-corrected chi connectivity index (χ3v) is 5.58. The van der Waals surface area contributed by atoms with Crippen molar-refractivity contribution in [1.29, 1.82) is 0 Å². The van der Waals surface area contributed by atoms with Gasteiger partial charge in [0.05, 0.1) is 6.61 Å². The second-order valence-electron chi connectivity index (χ2n) is 5.45. The fourth-order valence-electron chi connectivity index (χ4n) is 2.61. The fraction of sp³-hybridized carbons (Fsp3) is 0.278. The van der Waals surface area contributed by atoms with Crippen LogP contribution in [0.15, 0.2) is 42.5 Å². The summed E-state index contributed by atoms with van der Waals surface area (Å²) in [5, 5.41) is 0.331. The van der Waals surface area contributed by atoms with Crippen molar-refractivity contribution >= 4 is 18.2 Å². The zero-order valence-electron chi connectivity index (χ0n) is 13.8. The zero-order valence-corrected chi connectivity index (χ0v) is 14.7. The molecule has 0 bridgehead atoms. The predicted octanol–water partition coefficient (Wildman–Crippen LogP) is 4.32. The monoisotopic (exact) mass is 332 g/mol. The van der Waals surface area contributed by atoms with Crippen molar-refractivity contribution in [3.63, 3.8) is 0 Å². The Morgan fingerprint density at radius 1 is 1.04 bits per heavy atom. The van der Waals surface area contributed by atoms with Crippen LogP contribution >= 0.6 is 7.37 Å². The van der Waals surface area contributed by atoms with Crippen LogP contribution in [-0.2, 0) is 14.1 Å². The van der Waals surface area contributed by atoms with E-state index in [1.807, 2.05) is 32.9 Å². The van der Waals surface area contributed by atoms with Crippen LogP contribution in [0.3, 0.4) is 0 Å². The summed E-state index contributed by atoms with van der Waals surface area (Å²) >= 11 is 0. The van der Waals surface area contributed by atoms with Crippen molar-refractivity contribution in [2.24, 2.45) is 0 Å². The Balaban J connectivity index is 2.57. The summed E-state index contributed by atoms with van der Waals surface area (Å²) < 4.78 is 18.5. The lowest BCUT2D eigenvalue weighted by Gasteiger charge is -2.18. The molecule has 0 saturated heterocycles. The van der Waals surface area contributed by atoms with E-state index in [1.165, 1.54) is 0 Å². The molecule has 0 aliphatic rings. The van der Waals surface area contributed by atoms with E-state index in [0.717, 1.165) is 16.7 Å². The minimum atomic E-state index is -3.83. The molecule has 4 nitrogen and oxygen atoms in total. The Hall–Kier alpha value is -1.74. The summed E-state index contributed by atoms with van der Waals surface area (Å²) in [6, 6.07) is 12.3. The van der Waals surface area contributed by atoms with Crippen LogP contribution in [-0.4, -0.2) is 12.1 Å². The third kappa shape index (κ3) is 3.61. The number of carbonyl (C=O) groups is 1. The Labute approximate surface area is 136 Å². The standard InChI is InChI=1S/C18H21O4P/c1-5-21-22-23(20,16-9-7-6-8-10-16)18(19)17-14(3)11-13(2)12-15(17)4/h6-12H,5H2,1-4H3. The highest BCUT2D eigenvalue weighted by Crippen LogP contribution is 2.50. The summed E-state index contributed by atoms with van der Waals surface area (Å²) in [5.41, 5.74) is 2.51. The van der Waals surface area contributed by atoms with Gasteiger partial charge in [-0.25, -0.2) is 4.89 Å². The lowest BCUT2D eigenvalue weighted by atomic mass is 10.0. The van der Waals surface area contributed by atoms with Gasteiger partial charge in [-0.1, -0.05) is 35.9 Å². The Morgan fingerprint density at radius 3 is 2.13 bits per heavy atom.